The topological polar surface area (TPSA) is 29.1 Å². The molecule has 0 aliphatic carbocycles. The first-order valence-corrected chi connectivity index (χ1v) is 6.20. The second-order valence-electron chi connectivity index (χ2n) is 3.71. The third-order valence-corrected chi connectivity index (χ3v) is 2.68. The van der Waals surface area contributed by atoms with Crippen LogP contribution in [0.1, 0.15) is 24.5 Å². The summed E-state index contributed by atoms with van der Waals surface area (Å²) < 4.78 is 0. The molecule has 16 heavy (non-hydrogen) atoms. The van der Waals surface area contributed by atoms with E-state index in [1.165, 1.54) is 11.1 Å². The molecule has 1 rings (SSSR count). The van der Waals surface area contributed by atoms with Crippen LogP contribution in [0.15, 0.2) is 24.3 Å². The monoisotopic (exact) mass is 239 g/mol. The van der Waals surface area contributed by atoms with Gasteiger partial charge in [-0.05, 0) is 24.0 Å². The first kappa shape index (κ1) is 13.0. The molecule has 1 aromatic carbocycles. The van der Waals surface area contributed by atoms with Crippen LogP contribution >= 0.6 is 11.6 Å². The molecule has 3 heteroatoms. The predicted molar refractivity (Wildman–Crippen MR) is 67.9 cm³/mol. The Kier molecular flexibility index (Phi) is 5.94. The standard InChI is InChI=1S/C13H18ClNO/c1-2-11-3-5-12(6-4-11)8-10-15-13(16)7-9-14/h3-6H,2,7-10H2,1H3,(H,15,16). The Labute approximate surface area is 102 Å². The Morgan fingerprint density at radius 1 is 1.25 bits per heavy atom. The summed E-state index contributed by atoms with van der Waals surface area (Å²) >= 11 is 5.46. The Hall–Kier alpha value is -1.02. The van der Waals surface area contributed by atoms with Crippen LogP contribution in [0, 0.1) is 0 Å². The van der Waals surface area contributed by atoms with E-state index in [9.17, 15) is 4.79 Å². The Balaban J connectivity index is 2.29. The van der Waals surface area contributed by atoms with Crippen LogP contribution in [-0.4, -0.2) is 18.3 Å². The van der Waals surface area contributed by atoms with Gasteiger partial charge in [0, 0.05) is 18.8 Å². The fraction of sp³-hybridized carbons (Fsp3) is 0.462. The van der Waals surface area contributed by atoms with Gasteiger partial charge in [-0.1, -0.05) is 31.2 Å². The highest BCUT2D eigenvalue weighted by molar-refractivity contribution is 6.18. The molecule has 0 aliphatic rings. The molecule has 1 aromatic rings. The number of aryl methyl sites for hydroxylation is 1. The molecular weight excluding hydrogens is 222 g/mol. The highest BCUT2D eigenvalue weighted by atomic mass is 35.5. The minimum absolute atomic E-state index is 0.0279. The summed E-state index contributed by atoms with van der Waals surface area (Å²) in [5.41, 5.74) is 2.60. The van der Waals surface area contributed by atoms with Gasteiger partial charge in [-0.3, -0.25) is 4.79 Å². The number of hydrogen-bond donors (Lipinski definition) is 1. The molecule has 1 amide bonds. The first-order chi connectivity index (χ1) is 7.76. The van der Waals surface area contributed by atoms with E-state index in [-0.39, 0.29) is 5.91 Å². The quantitative estimate of drug-likeness (QED) is 0.760. The Morgan fingerprint density at radius 2 is 1.88 bits per heavy atom. The van der Waals surface area contributed by atoms with E-state index in [0.29, 0.717) is 18.8 Å². The number of alkyl halides is 1. The van der Waals surface area contributed by atoms with Gasteiger partial charge < -0.3 is 5.32 Å². The fourth-order valence-corrected chi connectivity index (χ4v) is 1.63. The highest BCUT2D eigenvalue weighted by Crippen LogP contribution is 2.05. The van der Waals surface area contributed by atoms with Gasteiger partial charge in [0.2, 0.25) is 5.91 Å². The van der Waals surface area contributed by atoms with Crippen molar-refractivity contribution in [2.75, 3.05) is 12.4 Å². The smallest absolute Gasteiger partial charge is 0.221 e. The summed E-state index contributed by atoms with van der Waals surface area (Å²) in [7, 11) is 0. The van der Waals surface area contributed by atoms with Crippen molar-refractivity contribution in [3.05, 3.63) is 35.4 Å². The molecule has 0 fully saturated rings. The molecule has 0 bridgehead atoms. The third kappa shape index (κ3) is 4.67. The molecule has 0 heterocycles. The van der Waals surface area contributed by atoms with E-state index < -0.39 is 0 Å². The lowest BCUT2D eigenvalue weighted by molar-refractivity contribution is -0.120. The Bertz CT molecular complexity index is 321. The molecule has 0 saturated carbocycles. The maximum absolute atomic E-state index is 11.1. The molecule has 0 atom stereocenters. The van der Waals surface area contributed by atoms with Crippen molar-refractivity contribution in [2.24, 2.45) is 0 Å². The summed E-state index contributed by atoms with van der Waals surface area (Å²) in [5.74, 6) is 0.414. The number of carbonyl (C=O) groups is 1. The van der Waals surface area contributed by atoms with Gasteiger partial charge in [-0.25, -0.2) is 0 Å². The van der Waals surface area contributed by atoms with Crippen LogP contribution in [0.4, 0.5) is 0 Å². The van der Waals surface area contributed by atoms with Gasteiger partial charge >= 0.3 is 0 Å². The molecule has 88 valence electrons. The second kappa shape index (κ2) is 7.29. The minimum Gasteiger partial charge on any atom is -0.356 e. The van der Waals surface area contributed by atoms with E-state index in [4.69, 9.17) is 11.6 Å². The molecule has 0 aromatic heterocycles. The molecule has 1 N–H and O–H groups in total. The van der Waals surface area contributed by atoms with Crippen LogP contribution < -0.4 is 5.32 Å². The number of halogens is 1. The summed E-state index contributed by atoms with van der Waals surface area (Å²) in [5, 5.41) is 2.84. The highest BCUT2D eigenvalue weighted by Gasteiger charge is 1.99. The van der Waals surface area contributed by atoms with Crippen molar-refractivity contribution in [1.29, 1.82) is 0 Å². The Morgan fingerprint density at radius 3 is 2.44 bits per heavy atom. The number of carbonyl (C=O) groups excluding carboxylic acids is 1. The van der Waals surface area contributed by atoms with E-state index in [2.05, 4.69) is 36.5 Å². The lowest BCUT2D eigenvalue weighted by Crippen LogP contribution is -2.25. The molecule has 0 spiro atoms. The predicted octanol–water partition coefficient (Wildman–Crippen LogP) is 2.54. The van der Waals surface area contributed by atoms with Gasteiger partial charge in [0.1, 0.15) is 0 Å². The van der Waals surface area contributed by atoms with Gasteiger partial charge in [0.25, 0.3) is 0 Å². The normalized spacial score (nSPS) is 10.1. The third-order valence-electron chi connectivity index (χ3n) is 2.49. The largest absolute Gasteiger partial charge is 0.356 e. The van der Waals surface area contributed by atoms with Crippen LogP contribution in [0.25, 0.3) is 0 Å². The van der Waals surface area contributed by atoms with Gasteiger partial charge in [-0.15, -0.1) is 11.6 Å². The van der Waals surface area contributed by atoms with Crippen LogP contribution in [-0.2, 0) is 17.6 Å². The van der Waals surface area contributed by atoms with Crippen molar-refractivity contribution in [2.45, 2.75) is 26.2 Å². The van der Waals surface area contributed by atoms with E-state index >= 15 is 0 Å². The molecule has 0 radical (unpaired) electrons. The minimum atomic E-state index is 0.0279. The number of hydrogen-bond acceptors (Lipinski definition) is 1. The number of amides is 1. The van der Waals surface area contributed by atoms with Gasteiger partial charge in [0.15, 0.2) is 0 Å². The number of benzene rings is 1. The van der Waals surface area contributed by atoms with E-state index in [0.717, 1.165) is 12.8 Å². The summed E-state index contributed by atoms with van der Waals surface area (Å²) in [4.78, 5) is 11.1. The number of nitrogens with one attached hydrogen (secondary N) is 1. The van der Waals surface area contributed by atoms with Gasteiger partial charge in [-0.2, -0.15) is 0 Å². The average molecular weight is 240 g/mol. The summed E-state index contributed by atoms with van der Waals surface area (Å²) in [6.07, 6.45) is 2.33. The lowest BCUT2D eigenvalue weighted by atomic mass is 10.1. The van der Waals surface area contributed by atoms with Crippen molar-refractivity contribution >= 4 is 17.5 Å². The number of rotatable bonds is 6. The van der Waals surface area contributed by atoms with Crippen LogP contribution in [0.3, 0.4) is 0 Å². The van der Waals surface area contributed by atoms with Crippen molar-refractivity contribution < 1.29 is 4.79 Å². The first-order valence-electron chi connectivity index (χ1n) is 5.66. The average Bonchev–Trinajstić information content (AvgIpc) is 2.30. The summed E-state index contributed by atoms with van der Waals surface area (Å²) in [6.45, 7) is 2.82. The SMILES string of the molecule is CCc1ccc(CCNC(=O)CCCl)cc1. The molecular formula is C13H18ClNO. The molecule has 0 saturated heterocycles. The zero-order chi connectivity index (χ0) is 11.8. The maximum Gasteiger partial charge on any atom is 0.221 e. The second-order valence-corrected chi connectivity index (χ2v) is 4.09. The molecule has 2 nitrogen and oxygen atoms in total. The fourth-order valence-electron chi connectivity index (χ4n) is 1.46. The zero-order valence-corrected chi connectivity index (χ0v) is 10.4. The van der Waals surface area contributed by atoms with Crippen LogP contribution in [0.2, 0.25) is 0 Å². The summed E-state index contributed by atoms with van der Waals surface area (Å²) in [6, 6.07) is 8.50. The molecule has 0 unspecified atom stereocenters. The zero-order valence-electron chi connectivity index (χ0n) is 9.63. The van der Waals surface area contributed by atoms with E-state index in [1.807, 2.05) is 0 Å². The van der Waals surface area contributed by atoms with Crippen LogP contribution in [0.5, 0.6) is 0 Å². The van der Waals surface area contributed by atoms with Crippen molar-refractivity contribution in [1.82, 2.24) is 5.32 Å². The molecule has 0 aliphatic heterocycles. The maximum atomic E-state index is 11.1. The lowest BCUT2D eigenvalue weighted by Gasteiger charge is -2.05. The van der Waals surface area contributed by atoms with Crippen molar-refractivity contribution in [3.8, 4) is 0 Å². The van der Waals surface area contributed by atoms with Crippen molar-refractivity contribution in [3.63, 3.8) is 0 Å². The van der Waals surface area contributed by atoms with Gasteiger partial charge in [0.05, 0.1) is 0 Å². The van der Waals surface area contributed by atoms with E-state index in [1.54, 1.807) is 0 Å².